The molecule has 0 aliphatic rings. The molecule has 0 radical (unpaired) electrons. The molecule has 0 fully saturated rings. The molecule has 0 atom stereocenters. The van der Waals surface area contributed by atoms with Gasteiger partial charge in [0.25, 0.3) is 0 Å². The zero-order valence-corrected chi connectivity index (χ0v) is 17.8. The summed E-state index contributed by atoms with van der Waals surface area (Å²) in [5, 5.41) is 1.34. The summed E-state index contributed by atoms with van der Waals surface area (Å²) in [5.41, 5.74) is 2.72. The monoisotopic (exact) mass is 454 g/mol. The van der Waals surface area contributed by atoms with Crippen LogP contribution in [-0.4, -0.2) is 5.78 Å². The molecule has 0 amide bonds. The Morgan fingerprint density at radius 1 is 1.00 bits per heavy atom. The summed E-state index contributed by atoms with van der Waals surface area (Å²) >= 11 is 13.4. The maximum absolute atomic E-state index is 13.4. The molecule has 0 saturated heterocycles. The van der Waals surface area contributed by atoms with E-state index in [4.69, 9.17) is 32.0 Å². The molecule has 5 aromatic rings. The third-order valence-electron chi connectivity index (χ3n) is 4.94. The van der Waals surface area contributed by atoms with Gasteiger partial charge >= 0.3 is 5.63 Å². The quantitative estimate of drug-likeness (QED) is 0.215. The smallest absolute Gasteiger partial charge is 0.336 e. The van der Waals surface area contributed by atoms with Gasteiger partial charge in [0.05, 0.1) is 15.3 Å². The fourth-order valence-corrected chi connectivity index (χ4v) is 5.08. The number of ketones is 1. The van der Waals surface area contributed by atoms with Crippen LogP contribution in [0.15, 0.2) is 68.2 Å². The van der Waals surface area contributed by atoms with E-state index >= 15 is 0 Å². The van der Waals surface area contributed by atoms with Gasteiger partial charge in [-0.2, -0.15) is 0 Å². The third kappa shape index (κ3) is 2.98. The largest absolute Gasteiger partial charge is 0.452 e. The molecule has 0 saturated carbocycles. The SMILES string of the molecule is Cc1cc(=O)oc2c1ccc1oc(C(=O)c3cc(Cl)sc3Cl)c(-c3ccccc3)c12. The fourth-order valence-electron chi connectivity index (χ4n) is 3.62. The summed E-state index contributed by atoms with van der Waals surface area (Å²) in [6, 6.07) is 15.9. The van der Waals surface area contributed by atoms with E-state index in [0.29, 0.717) is 26.5 Å². The van der Waals surface area contributed by atoms with Gasteiger partial charge in [-0.3, -0.25) is 4.79 Å². The predicted octanol–water partition coefficient (Wildman–Crippen LogP) is 7.11. The number of rotatable bonds is 3. The second kappa shape index (κ2) is 7.13. The van der Waals surface area contributed by atoms with Gasteiger partial charge in [0.2, 0.25) is 5.78 Å². The topological polar surface area (TPSA) is 60.4 Å². The van der Waals surface area contributed by atoms with Crippen molar-refractivity contribution in [3.63, 3.8) is 0 Å². The highest BCUT2D eigenvalue weighted by molar-refractivity contribution is 7.20. The van der Waals surface area contributed by atoms with Gasteiger partial charge in [-0.1, -0.05) is 53.5 Å². The summed E-state index contributed by atoms with van der Waals surface area (Å²) in [6.07, 6.45) is 0. The molecule has 0 aliphatic heterocycles. The lowest BCUT2D eigenvalue weighted by atomic mass is 9.97. The van der Waals surface area contributed by atoms with Crippen LogP contribution in [0.25, 0.3) is 33.1 Å². The minimum absolute atomic E-state index is 0.115. The Bertz CT molecular complexity index is 1510. The van der Waals surface area contributed by atoms with Crippen molar-refractivity contribution in [2.75, 3.05) is 0 Å². The summed E-state index contributed by atoms with van der Waals surface area (Å²) in [5.74, 6) is -0.273. The van der Waals surface area contributed by atoms with Crippen LogP contribution in [0.2, 0.25) is 8.67 Å². The molecular weight excluding hydrogens is 443 g/mol. The zero-order chi connectivity index (χ0) is 21.0. The number of furan rings is 1. The first kappa shape index (κ1) is 19.1. The highest BCUT2D eigenvalue weighted by Crippen LogP contribution is 2.42. The first-order chi connectivity index (χ1) is 14.4. The van der Waals surface area contributed by atoms with E-state index in [1.54, 1.807) is 6.07 Å². The van der Waals surface area contributed by atoms with Crippen molar-refractivity contribution in [3.05, 3.63) is 90.6 Å². The molecule has 2 aromatic carbocycles. The minimum atomic E-state index is -0.465. The van der Waals surface area contributed by atoms with Crippen LogP contribution >= 0.6 is 34.5 Å². The molecule has 3 heterocycles. The highest BCUT2D eigenvalue weighted by atomic mass is 35.5. The lowest BCUT2D eigenvalue weighted by Crippen LogP contribution is -2.01. The summed E-state index contributed by atoms with van der Waals surface area (Å²) in [6.45, 7) is 1.84. The fraction of sp³-hybridized carbons (Fsp3) is 0.0435. The van der Waals surface area contributed by atoms with Crippen molar-refractivity contribution >= 4 is 62.3 Å². The predicted molar refractivity (Wildman–Crippen MR) is 120 cm³/mol. The average molecular weight is 455 g/mol. The molecule has 3 aromatic heterocycles. The lowest BCUT2D eigenvalue weighted by molar-refractivity contribution is 0.101. The number of halogens is 2. The van der Waals surface area contributed by atoms with Crippen molar-refractivity contribution in [3.8, 4) is 11.1 Å². The first-order valence-corrected chi connectivity index (χ1v) is 10.6. The van der Waals surface area contributed by atoms with E-state index in [1.165, 1.54) is 12.1 Å². The van der Waals surface area contributed by atoms with E-state index in [9.17, 15) is 9.59 Å². The van der Waals surface area contributed by atoms with Crippen LogP contribution in [0.3, 0.4) is 0 Å². The molecule has 5 rings (SSSR count). The Kier molecular flexibility index (Phi) is 4.54. The van der Waals surface area contributed by atoms with E-state index in [-0.39, 0.29) is 21.4 Å². The Balaban J connectivity index is 1.92. The van der Waals surface area contributed by atoms with Gasteiger partial charge in [-0.15, -0.1) is 11.3 Å². The van der Waals surface area contributed by atoms with E-state index in [2.05, 4.69) is 0 Å². The number of carbonyl (C=O) groups is 1. The van der Waals surface area contributed by atoms with Gasteiger partial charge in [0.15, 0.2) is 5.76 Å². The van der Waals surface area contributed by atoms with Crippen molar-refractivity contribution in [2.45, 2.75) is 6.92 Å². The standard InChI is InChI=1S/C23H12Cl2O4S/c1-11-9-17(26)29-21-13(11)7-8-15-19(21)18(12-5-3-2-4-6-12)22(28-15)20(27)14-10-16(24)30-23(14)25/h2-10H,1H3. The van der Waals surface area contributed by atoms with Gasteiger partial charge in [0, 0.05) is 17.0 Å². The Morgan fingerprint density at radius 3 is 2.47 bits per heavy atom. The summed E-state index contributed by atoms with van der Waals surface area (Å²) in [4.78, 5) is 25.5. The van der Waals surface area contributed by atoms with Crippen LogP contribution in [0.4, 0.5) is 0 Å². The zero-order valence-electron chi connectivity index (χ0n) is 15.5. The Labute approximate surface area is 184 Å². The minimum Gasteiger partial charge on any atom is -0.452 e. The molecular formula is C23H12Cl2O4S. The lowest BCUT2D eigenvalue weighted by Gasteiger charge is -2.05. The molecule has 0 spiro atoms. The summed E-state index contributed by atoms with van der Waals surface area (Å²) < 4.78 is 12.3. The van der Waals surface area contributed by atoms with Crippen molar-refractivity contribution in [2.24, 2.45) is 0 Å². The Morgan fingerprint density at radius 2 is 1.77 bits per heavy atom. The molecule has 0 bridgehead atoms. The van der Waals surface area contributed by atoms with Gasteiger partial charge in [0.1, 0.15) is 15.5 Å². The maximum Gasteiger partial charge on any atom is 0.336 e. The van der Waals surface area contributed by atoms with Crippen LogP contribution in [0.1, 0.15) is 21.7 Å². The van der Waals surface area contributed by atoms with Crippen LogP contribution in [0.5, 0.6) is 0 Å². The molecule has 7 heteroatoms. The van der Waals surface area contributed by atoms with E-state index in [1.807, 2.05) is 43.3 Å². The Hall–Kier alpha value is -2.86. The number of aryl methyl sites for hydroxylation is 1. The number of thiophene rings is 1. The van der Waals surface area contributed by atoms with Crippen LogP contribution in [0, 0.1) is 6.92 Å². The van der Waals surface area contributed by atoms with Crippen molar-refractivity contribution in [1.29, 1.82) is 0 Å². The molecule has 0 N–H and O–H groups in total. The highest BCUT2D eigenvalue weighted by Gasteiger charge is 2.28. The number of fused-ring (bicyclic) bond motifs is 3. The van der Waals surface area contributed by atoms with Crippen LogP contribution < -0.4 is 5.63 Å². The second-order valence-electron chi connectivity index (χ2n) is 6.80. The van der Waals surface area contributed by atoms with E-state index in [0.717, 1.165) is 27.8 Å². The molecule has 0 unspecified atom stereocenters. The molecule has 4 nitrogen and oxygen atoms in total. The molecule has 148 valence electrons. The molecule has 30 heavy (non-hydrogen) atoms. The number of hydrogen-bond acceptors (Lipinski definition) is 5. The number of benzene rings is 2. The van der Waals surface area contributed by atoms with Gasteiger partial charge in [-0.25, -0.2) is 4.79 Å². The van der Waals surface area contributed by atoms with Gasteiger partial charge in [-0.05, 0) is 36.2 Å². The molecule has 0 aliphatic carbocycles. The third-order valence-corrected chi connectivity index (χ3v) is 6.43. The van der Waals surface area contributed by atoms with Crippen molar-refractivity contribution in [1.82, 2.24) is 0 Å². The van der Waals surface area contributed by atoms with Gasteiger partial charge < -0.3 is 8.83 Å². The average Bonchev–Trinajstić information content (AvgIpc) is 3.27. The second-order valence-corrected chi connectivity index (χ2v) is 9.09. The number of hydrogen-bond donors (Lipinski definition) is 0. The first-order valence-electron chi connectivity index (χ1n) is 8.99. The summed E-state index contributed by atoms with van der Waals surface area (Å²) in [7, 11) is 0. The number of carbonyl (C=O) groups excluding carboxylic acids is 1. The van der Waals surface area contributed by atoms with E-state index < -0.39 is 5.63 Å². The normalized spacial score (nSPS) is 11.4. The maximum atomic E-state index is 13.4. The van der Waals surface area contributed by atoms with Crippen LogP contribution in [-0.2, 0) is 0 Å². The van der Waals surface area contributed by atoms with Crippen molar-refractivity contribution < 1.29 is 13.6 Å².